The highest BCUT2D eigenvalue weighted by Gasteiger charge is 2.32. The Bertz CT molecular complexity index is 492. The van der Waals surface area contributed by atoms with E-state index in [1.807, 2.05) is 19.1 Å². The summed E-state index contributed by atoms with van der Waals surface area (Å²) < 4.78 is 0. The Morgan fingerprint density at radius 3 is 2.85 bits per heavy atom. The summed E-state index contributed by atoms with van der Waals surface area (Å²) in [5.74, 6) is 1.63. The van der Waals surface area contributed by atoms with Gasteiger partial charge >= 0.3 is 0 Å². The van der Waals surface area contributed by atoms with E-state index >= 15 is 0 Å². The van der Waals surface area contributed by atoms with Crippen molar-refractivity contribution in [3.8, 4) is 0 Å². The van der Waals surface area contributed by atoms with Crippen LogP contribution in [-0.4, -0.2) is 34.8 Å². The first-order chi connectivity index (χ1) is 9.67. The average Bonchev–Trinajstić information content (AvgIpc) is 2.40. The molecule has 0 unspecified atom stereocenters. The molecule has 1 aliphatic rings. The first-order valence-corrected chi connectivity index (χ1v) is 7.11. The molecule has 0 aromatic carbocycles. The van der Waals surface area contributed by atoms with Crippen LogP contribution in [0.3, 0.4) is 0 Å². The highest BCUT2D eigenvalue weighted by Crippen LogP contribution is 2.36. The summed E-state index contributed by atoms with van der Waals surface area (Å²) in [5.41, 5.74) is 2.03. The number of rotatable bonds is 6. The number of nitrogens with zero attached hydrogens (tertiary/aromatic N) is 3. The fourth-order valence-electron chi connectivity index (χ4n) is 2.72. The quantitative estimate of drug-likeness (QED) is 0.809. The van der Waals surface area contributed by atoms with E-state index in [9.17, 15) is 0 Å². The van der Waals surface area contributed by atoms with E-state index < -0.39 is 0 Å². The van der Waals surface area contributed by atoms with Crippen molar-refractivity contribution in [1.82, 2.24) is 9.97 Å². The Kier molecular flexibility index (Phi) is 4.90. The topological polar surface area (TPSA) is 49.2 Å². The molecule has 1 fully saturated rings. The van der Waals surface area contributed by atoms with Crippen molar-refractivity contribution >= 4 is 11.9 Å². The van der Waals surface area contributed by atoms with Crippen LogP contribution in [0.2, 0.25) is 0 Å². The van der Waals surface area contributed by atoms with Gasteiger partial charge in [0.15, 0.2) is 0 Å². The van der Waals surface area contributed by atoms with Gasteiger partial charge in [0.05, 0.1) is 5.69 Å². The van der Waals surface area contributed by atoms with E-state index in [0.717, 1.165) is 36.3 Å². The van der Waals surface area contributed by atoms with Gasteiger partial charge in [0.1, 0.15) is 12.1 Å². The third kappa shape index (κ3) is 3.07. The first kappa shape index (κ1) is 14.7. The monoisotopic (exact) mass is 273 g/mol. The minimum absolute atomic E-state index is 0.293. The number of aliphatic hydroxyl groups excluding tert-OH is 1. The molecular formula is C16H23N3O. The Morgan fingerprint density at radius 1 is 1.45 bits per heavy atom. The average molecular weight is 273 g/mol. The van der Waals surface area contributed by atoms with Crippen molar-refractivity contribution in [2.45, 2.75) is 32.2 Å². The van der Waals surface area contributed by atoms with Crippen molar-refractivity contribution in [2.75, 3.05) is 18.6 Å². The van der Waals surface area contributed by atoms with Crippen LogP contribution in [0, 0.1) is 12.8 Å². The molecule has 0 spiro atoms. The molecule has 4 heteroatoms. The summed E-state index contributed by atoms with van der Waals surface area (Å²) in [6.45, 7) is 6.00. The van der Waals surface area contributed by atoms with E-state index in [2.05, 4.69) is 28.5 Å². The van der Waals surface area contributed by atoms with Crippen molar-refractivity contribution in [3.63, 3.8) is 0 Å². The van der Waals surface area contributed by atoms with Crippen LogP contribution in [0.25, 0.3) is 6.08 Å². The molecule has 108 valence electrons. The van der Waals surface area contributed by atoms with Crippen LogP contribution in [0.1, 0.15) is 30.5 Å². The SMILES string of the molecule is C=C/C=C\c1c(C)ncnc1N(C)C1CC(CCO)C1. The number of aryl methyl sites for hydroxylation is 1. The molecule has 1 aromatic rings. The third-order valence-corrected chi connectivity index (χ3v) is 4.09. The molecule has 0 saturated heterocycles. The number of hydrogen-bond acceptors (Lipinski definition) is 4. The van der Waals surface area contributed by atoms with Crippen LogP contribution in [0.4, 0.5) is 5.82 Å². The second kappa shape index (κ2) is 6.66. The van der Waals surface area contributed by atoms with Crippen molar-refractivity contribution in [2.24, 2.45) is 5.92 Å². The van der Waals surface area contributed by atoms with Gasteiger partial charge in [0.2, 0.25) is 0 Å². The second-order valence-electron chi connectivity index (χ2n) is 5.41. The molecule has 20 heavy (non-hydrogen) atoms. The summed E-state index contributed by atoms with van der Waals surface area (Å²) in [6, 6.07) is 0.511. The smallest absolute Gasteiger partial charge is 0.139 e. The Balaban J connectivity index is 2.14. The van der Waals surface area contributed by atoms with Crippen LogP contribution >= 0.6 is 0 Å². The summed E-state index contributed by atoms with van der Waals surface area (Å²) >= 11 is 0. The van der Waals surface area contributed by atoms with Crippen LogP contribution in [0.15, 0.2) is 25.1 Å². The molecule has 1 N–H and O–H groups in total. The van der Waals surface area contributed by atoms with Gasteiger partial charge in [-0.05, 0) is 38.2 Å². The van der Waals surface area contributed by atoms with Crippen LogP contribution in [-0.2, 0) is 0 Å². The zero-order valence-electron chi connectivity index (χ0n) is 12.3. The lowest BCUT2D eigenvalue weighted by molar-refractivity contribution is 0.184. The normalized spacial score (nSPS) is 21.8. The number of anilines is 1. The number of aliphatic hydroxyl groups is 1. The molecule has 0 bridgehead atoms. The molecule has 0 aliphatic heterocycles. The predicted molar refractivity (Wildman–Crippen MR) is 82.6 cm³/mol. The van der Waals surface area contributed by atoms with Crippen molar-refractivity contribution in [3.05, 3.63) is 36.3 Å². The first-order valence-electron chi connectivity index (χ1n) is 7.11. The lowest BCUT2D eigenvalue weighted by Crippen LogP contribution is -2.43. The predicted octanol–water partition coefficient (Wildman–Crippen LogP) is 2.58. The summed E-state index contributed by atoms with van der Waals surface area (Å²) in [4.78, 5) is 11.0. The maximum Gasteiger partial charge on any atom is 0.139 e. The molecule has 4 nitrogen and oxygen atoms in total. The fourth-order valence-corrected chi connectivity index (χ4v) is 2.72. The Labute approximate surface area is 120 Å². The van der Waals surface area contributed by atoms with Gasteiger partial charge in [-0.2, -0.15) is 0 Å². The van der Waals surface area contributed by atoms with Gasteiger partial charge in [0.25, 0.3) is 0 Å². The fraction of sp³-hybridized carbons (Fsp3) is 0.500. The van der Waals surface area contributed by atoms with Gasteiger partial charge in [-0.3, -0.25) is 0 Å². The number of hydrogen-bond donors (Lipinski definition) is 1. The minimum Gasteiger partial charge on any atom is -0.396 e. The molecule has 0 radical (unpaired) electrons. The van der Waals surface area contributed by atoms with E-state index in [4.69, 9.17) is 5.11 Å². The molecule has 2 rings (SSSR count). The second-order valence-corrected chi connectivity index (χ2v) is 5.41. The Morgan fingerprint density at radius 2 is 2.20 bits per heavy atom. The molecule has 0 amide bonds. The van der Waals surface area contributed by atoms with E-state index in [1.165, 1.54) is 0 Å². The lowest BCUT2D eigenvalue weighted by Gasteiger charge is -2.42. The van der Waals surface area contributed by atoms with Crippen molar-refractivity contribution in [1.29, 1.82) is 0 Å². The zero-order chi connectivity index (χ0) is 14.5. The lowest BCUT2D eigenvalue weighted by atomic mass is 9.77. The standard InChI is InChI=1S/C16H23N3O/c1-4-5-6-15-12(2)17-11-18-16(15)19(3)14-9-13(10-14)7-8-20/h4-6,11,13-14,20H,1,7-10H2,2-3H3/b6-5-. The maximum absolute atomic E-state index is 8.97. The molecule has 1 aromatic heterocycles. The minimum atomic E-state index is 0.293. The summed E-state index contributed by atoms with van der Waals surface area (Å²) in [5, 5.41) is 8.97. The molecule has 1 aliphatic carbocycles. The van der Waals surface area contributed by atoms with Gasteiger partial charge in [-0.25, -0.2) is 9.97 Å². The van der Waals surface area contributed by atoms with Gasteiger partial charge in [-0.15, -0.1) is 0 Å². The van der Waals surface area contributed by atoms with Crippen molar-refractivity contribution < 1.29 is 5.11 Å². The largest absolute Gasteiger partial charge is 0.396 e. The van der Waals surface area contributed by atoms with Gasteiger partial charge in [-0.1, -0.05) is 18.7 Å². The van der Waals surface area contributed by atoms with E-state index in [1.54, 1.807) is 12.4 Å². The van der Waals surface area contributed by atoms with Gasteiger partial charge in [0, 0.05) is 25.3 Å². The number of aromatic nitrogens is 2. The molecular weight excluding hydrogens is 250 g/mol. The molecule has 1 saturated carbocycles. The summed E-state index contributed by atoms with van der Waals surface area (Å²) in [6.07, 6.45) is 10.5. The van der Waals surface area contributed by atoms with E-state index in [0.29, 0.717) is 18.6 Å². The highest BCUT2D eigenvalue weighted by molar-refractivity contribution is 5.66. The van der Waals surface area contributed by atoms with Crippen LogP contribution < -0.4 is 4.90 Å². The maximum atomic E-state index is 8.97. The van der Waals surface area contributed by atoms with Crippen LogP contribution in [0.5, 0.6) is 0 Å². The third-order valence-electron chi connectivity index (χ3n) is 4.09. The summed E-state index contributed by atoms with van der Waals surface area (Å²) in [7, 11) is 2.09. The zero-order valence-corrected chi connectivity index (χ0v) is 12.3. The Hall–Kier alpha value is -1.68. The molecule has 0 atom stereocenters. The highest BCUT2D eigenvalue weighted by atomic mass is 16.3. The number of allylic oxidation sites excluding steroid dienone is 2. The van der Waals surface area contributed by atoms with E-state index in [-0.39, 0.29) is 0 Å². The van der Waals surface area contributed by atoms with Gasteiger partial charge < -0.3 is 10.0 Å². The molecule has 1 heterocycles.